The third-order valence-corrected chi connectivity index (χ3v) is 5.66. The summed E-state index contributed by atoms with van der Waals surface area (Å²) >= 11 is 6.14. The monoisotopic (exact) mass is 418 g/mol. The van der Waals surface area contributed by atoms with Crippen LogP contribution in [0.1, 0.15) is 19.3 Å². The molecule has 1 aromatic carbocycles. The predicted octanol–water partition coefficient (Wildman–Crippen LogP) is 4.77. The lowest BCUT2D eigenvalue weighted by atomic mass is 9.78. The molecule has 0 amide bonds. The number of benzene rings is 1. The molecule has 152 valence electrons. The number of nitrogens with zero attached hydrogens (tertiary/aromatic N) is 3. The number of ether oxygens (including phenoxy) is 3. The highest BCUT2D eigenvalue weighted by Crippen LogP contribution is 2.41. The van der Waals surface area contributed by atoms with Crippen molar-refractivity contribution >= 4 is 28.8 Å². The number of nitrogens with one attached hydrogen (secondary N) is 1. The molecule has 2 aliphatic rings. The van der Waals surface area contributed by atoms with Gasteiger partial charge in [-0.3, -0.25) is 0 Å². The Kier molecular flexibility index (Phi) is 5.69. The zero-order valence-corrected chi connectivity index (χ0v) is 16.6. The average molecular weight is 419 g/mol. The lowest BCUT2D eigenvalue weighted by Gasteiger charge is -2.41. The summed E-state index contributed by atoms with van der Waals surface area (Å²) in [5, 5.41) is 2.92. The Hall–Kier alpha value is -2.63. The lowest BCUT2D eigenvalue weighted by Crippen LogP contribution is -2.46. The number of rotatable bonds is 5. The number of anilines is 2. The highest BCUT2D eigenvalue weighted by Gasteiger charge is 2.39. The fourth-order valence-corrected chi connectivity index (χ4v) is 4.23. The van der Waals surface area contributed by atoms with Crippen LogP contribution in [0.3, 0.4) is 0 Å². The van der Waals surface area contributed by atoms with E-state index in [-0.39, 0.29) is 34.1 Å². The summed E-state index contributed by atoms with van der Waals surface area (Å²) in [7, 11) is 1.47. The number of hydrogen-bond acceptors (Lipinski definition) is 6. The van der Waals surface area contributed by atoms with E-state index in [0.717, 1.165) is 18.9 Å². The van der Waals surface area contributed by atoms with Crippen LogP contribution in [-0.2, 0) is 4.74 Å². The van der Waals surface area contributed by atoms with Gasteiger partial charge in [0.2, 0.25) is 5.75 Å². The number of halogens is 2. The van der Waals surface area contributed by atoms with Gasteiger partial charge >= 0.3 is 0 Å². The molecule has 0 radical (unpaired) electrons. The summed E-state index contributed by atoms with van der Waals surface area (Å²) in [6, 6.07) is 2.49. The molecule has 1 saturated carbocycles. The molecule has 7 nitrogen and oxygen atoms in total. The Morgan fingerprint density at radius 2 is 2.03 bits per heavy atom. The first-order chi connectivity index (χ1) is 14.1. The van der Waals surface area contributed by atoms with Gasteiger partial charge in [0.25, 0.3) is 5.88 Å². The Balaban J connectivity index is 1.63. The van der Waals surface area contributed by atoms with Crippen LogP contribution in [0.5, 0.6) is 11.6 Å². The Morgan fingerprint density at radius 1 is 1.28 bits per heavy atom. The molecule has 2 atom stereocenters. The second kappa shape index (κ2) is 8.39. The molecular formula is C20H20ClFN4O3. The maximum absolute atomic E-state index is 14.4. The van der Waals surface area contributed by atoms with Crippen molar-refractivity contribution in [3.63, 3.8) is 0 Å². The first-order valence-corrected chi connectivity index (χ1v) is 9.75. The van der Waals surface area contributed by atoms with E-state index in [0.29, 0.717) is 30.9 Å². The zero-order valence-electron chi connectivity index (χ0n) is 15.8. The Labute approximate surface area is 173 Å². The summed E-state index contributed by atoms with van der Waals surface area (Å²) in [4.78, 5) is 11.6. The minimum atomic E-state index is -0.661. The molecule has 1 aliphatic carbocycles. The smallest absolute Gasteiger partial charge is 0.262 e. The van der Waals surface area contributed by atoms with E-state index in [1.165, 1.54) is 25.9 Å². The van der Waals surface area contributed by atoms with Crippen LogP contribution >= 0.6 is 11.6 Å². The van der Waals surface area contributed by atoms with Crippen molar-refractivity contribution in [3.05, 3.63) is 40.7 Å². The SMILES string of the molecule is [C-]#[N+]c1cc(F)c(Nc2ncnc(OC3C4CCCC3COC4)c2OC)c(Cl)c1. The van der Waals surface area contributed by atoms with Crippen LogP contribution in [0.15, 0.2) is 18.5 Å². The second-order valence-corrected chi connectivity index (χ2v) is 7.56. The molecule has 0 spiro atoms. The van der Waals surface area contributed by atoms with E-state index in [4.69, 9.17) is 32.4 Å². The van der Waals surface area contributed by atoms with Crippen LogP contribution in [0, 0.1) is 24.2 Å². The maximum atomic E-state index is 14.4. The van der Waals surface area contributed by atoms with Crippen molar-refractivity contribution in [2.45, 2.75) is 25.4 Å². The molecule has 1 N–H and O–H groups in total. The number of aromatic nitrogens is 2. The highest BCUT2D eigenvalue weighted by molar-refractivity contribution is 6.33. The van der Waals surface area contributed by atoms with Crippen LogP contribution in [0.25, 0.3) is 4.85 Å². The van der Waals surface area contributed by atoms with Gasteiger partial charge in [-0.15, -0.1) is 0 Å². The van der Waals surface area contributed by atoms with Crippen LogP contribution in [0.2, 0.25) is 5.02 Å². The highest BCUT2D eigenvalue weighted by atomic mass is 35.5. The van der Waals surface area contributed by atoms with Gasteiger partial charge < -0.3 is 19.5 Å². The second-order valence-electron chi connectivity index (χ2n) is 7.15. The standard InChI is InChI=1S/C20H20ClFN4O3/c1-23-13-6-14(21)16(15(22)7-13)26-19-18(27-2)20(25-10-24-19)29-17-11-4-3-5-12(17)9-28-8-11/h6-7,10-12,17H,3-5,8-9H2,2H3,(H,24,25,26). The maximum Gasteiger partial charge on any atom is 0.262 e. The van der Waals surface area contributed by atoms with Crippen LogP contribution < -0.4 is 14.8 Å². The van der Waals surface area contributed by atoms with Gasteiger partial charge in [-0.2, -0.15) is 4.98 Å². The first-order valence-electron chi connectivity index (χ1n) is 9.37. The quantitative estimate of drug-likeness (QED) is 0.705. The fourth-order valence-electron chi connectivity index (χ4n) is 3.98. The first kappa shape index (κ1) is 19.7. The van der Waals surface area contributed by atoms with Crippen molar-refractivity contribution in [3.8, 4) is 11.6 Å². The Bertz CT molecular complexity index is 907. The molecular weight excluding hydrogens is 399 g/mol. The van der Waals surface area contributed by atoms with Crippen LogP contribution in [0.4, 0.5) is 21.6 Å². The largest absolute Gasteiger partial charge is 0.489 e. The van der Waals surface area contributed by atoms with Gasteiger partial charge in [0, 0.05) is 11.8 Å². The molecule has 4 rings (SSSR count). The van der Waals surface area contributed by atoms with E-state index in [1.54, 1.807) is 0 Å². The summed E-state index contributed by atoms with van der Waals surface area (Å²) in [6.45, 7) is 8.36. The molecule has 9 heteroatoms. The van der Waals surface area contributed by atoms with E-state index in [1.807, 2.05) is 0 Å². The zero-order chi connectivity index (χ0) is 20.4. The molecule has 2 bridgehead atoms. The summed E-state index contributed by atoms with van der Waals surface area (Å²) in [5.74, 6) is 0.750. The average Bonchev–Trinajstić information content (AvgIpc) is 2.70. The topological polar surface area (TPSA) is 69.9 Å². The molecule has 29 heavy (non-hydrogen) atoms. The van der Waals surface area contributed by atoms with E-state index in [2.05, 4.69) is 20.1 Å². The third-order valence-electron chi connectivity index (χ3n) is 5.37. The van der Waals surface area contributed by atoms with Gasteiger partial charge in [0.1, 0.15) is 18.2 Å². The molecule has 1 saturated heterocycles. The number of fused-ring (bicyclic) bond motifs is 2. The molecule has 2 unspecified atom stereocenters. The fraction of sp³-hybridized carbons (Fsp3) is 0.450. The van der Waals surface area contributed by atoms with Crippen molar-refractivity contribution in [2.75, 3.05) is 25.6 Å². The molecule has 2 aromatic rings. The van der Waals surface area contributed by atoms with Gasteiger partial charge in [0.15, 0.2) is 11.5 Å². The van der Waals surface area contributed by atoms with E-state index in [9.17, 15) is 4.39 Å². The molecule has 2 heterocycles. The number of methoxy groups -OCH3 is 1. The van der Waals surface area contributed by atoms with Crippen LogP contribution in [-0.4, -0.2) is 36.4 Å². The van der Waals surface area contributed by atoms with Gasteiger partial charge in [0.05, 0.1) is 37.6 Å². The predicted molar refractivity (Wildman–Crippen MR) is 106 cm³/mol. The summed E-state index contributed by atoms with van der Waals surface area (Å²) < 4.78 is 31.8. The third kappa shape index (κ3) is 3.93. The normalized spacial score (nSPS) is 23.2. The minimum absolute atomic E-state index is 0.00459. The van der Waals surface area contributed by atoms with Crippen molar-refractivity contribution in [1.29, 1.82) is 0 Å². The van der Waals surface area contributed by atoms with Gasteiger partial charge in [-0.1, -0.05) is 18.0 Å². The van der Waals surface area contributed by atoms with E-state index >= 15 is 0 Å². The van der Waals surface area contributed by atoms with Crippen molar-refractivity contribution < 1.29 is 18.6 Å². The lowest BCUT2D eigenvalue weighted by molar-refractivity contribution is -0.0923. The summed E-state index contributed by atoms with van der Waals surface area (Å²) in [5.41, 5.74) is 0.118. The van der Waals surface area contributed by atoms with Gasteiger partial charge in [-0.25, -0.2) is 14.2 Å². The van der Waals surface area contributed by atoms with E-state index < -0.39 is 5.82 Å². The summed E-state index contributed by atoms with van der Waals surface area (Å²) in [6.07, 6.45) is 4.59. The molecule has 2 fully saturated rings. The van der Waals surface area contributed by atoms with Gasteiger partial charge in [-0.05, 0) is 25.0 Å². The molecule has 1 aromatic heterocycles. The number of hydrogen-bond donors (Lipinski definition) is 1. The Morgan fingerprint density at radius 3 is 2.69 bits per heavy atom. The van der Waals surface area contributed by atoms with Crippen molar-refractivity contribution in [1.82, 2.24) is 9.97 Å². The minimum Gasteiger partial charge on any atom is -0.489 e. The van der Waals surface area contributed by atoms with Crippen molar-refractivity contribution in [2.24, 2.45) is 11.8 Å². The molecule has 1 aliphatic heterocycles.